The molecule has 0 fully saturated rings. The van der Waals surface area contributed by atoms with Crippen LogP contribution in [0.5, 0.6) is 0 Å². The molecule has 0 aliphatic carbocycles. The molecular formula is C14H28N4. The molecule has 1 rings (SSSR count). The molecule has 0 amide bonds. The smallest absolute Gasteiger partial charge is 0.0827 e. The van der Waals surface area contributed by atoms with Gasteiger partial charge in [0.05, 0.1) is 5.69 Å². The Morgan fingerprint density at radius 2 is 2.00 bits per heavy atom. The van der Waals surface area contributed by atoms with E-state index in [4.69, 9.17) is 0 Å². The van der Waals surface area contributed by atoms with Crippen LogP contribution in [0.2, 0.25) is 0 Å². The van der Waals surface area contributed by atoms with E-state index in [0.29, 0.717) is 5.92 Å². The van der Waals surface area contributed by atoms with Crippen molar-refractivity contribution < 1.29 is 0 Å². The second-order valence-electron chi connectivity index (χ2n) is 5.39. The number of rotatable bonds is 10. The number of aryl methyl sites for hydroxylation is 1. The Labute approximate surface area is 111 Å². The van der Waals surface area contributed by atoms with Gasteiger partial charge in [0.2, 0.25) is 0 Å². The Bertz CT molecular complexity index is 306. The first-order valence-corrected chi connectivity index (χ1v) is 7.32. The third kappa shape index (κ3) is 6.74. The molecule has 0 saturated heterocycles. The fourth-order valence-electron chi connectivity index (χ4n) is 1.90. The molecule has 4 nitrogen and oxygen atoms in total. The molecule has 1 N–H and O–H groups in total. The summed E-state index contributed by atoms with van der Waals surface area (Å²) in [4.78, 5) is 0. The standard InChI is InChI=1S/C14H28N4/c1-4-5-9-15-10-7-6-8-14-12-18(17-16-14)11-13(2)3/h12-13,15H,4-11H2,1-3H3. The minimum absolute atomic E-state index is 0.627. The maximum atomic E-state index is 4.21. The predicted molar refractivity (Wildman–Crippen MR) is 75.6 cm³/mol. The molecule has 104 valence electrons. The summed E-state index contributed by atoms with van der Waals surface area (Å²) >= 11 is 0. The van der Waals surface area contributed by atoms with Gasteiger partial charge in [-0.1, -0.05) is 32.4 Å². The first kappa shape index (κ1) is 15.2. The van der Waals surface area contributed by atoms with Crippen LogP contribution in [0.1, 0.15) is 52.1 Å². The van der Waals surface area contributed by atoms with Crippen LogP contribution in [-0.2, 0) is 13.0 Å². The van der Waals surface area contributed by atoms with Crippen molar-refractivity contribution in [2.75, 3.05) is 13.1 Å². The van der Waals surface area contributed by atoms with Crippen molar-refractivity contribution in [3.8, 4) is 0 Å². The Morgan fingerprint density at radius 3 is 2.72 bits per heavy atom. The van der Waals surface area contributed by atoms with Gasteiger partial charge in [-0.05, 0) is 44.7 Å². The van der Waals surface area contributed by atoms with Gasteiger partial charge >= 0.3 is 0 Å². The Morgan fingerprint density at radius 1 is 1.22 bits per heavy atom. The second kappa shape index (κ2) is 9.09. The highest BCUT2D eigenvalue weighted by molar-refractivity contribution is 4.92. The van der Waals surface area contributed by atoms with Crippen LogP contribution in [0.4, 0.5) is 0 Å². The zero-order valence-corrected chi connectivity index (χ0v) is 12.2. The van der Waals surface area contributed by atoms with E-state index in [1.165, 1.54) is 25.7 Å². The first-order chi connectivity index (χ1) is 8.72. The van der Waals surface area contributed by atoms with Gasteiger partial charge in [0.15, 0.2) is 0 Å². The number of nitrogens with zero attached hydrogens (tertiary/aromatic N) is 3. The van der Waals surface area contributed by atoms with E-state index in [1.807, 2.05) is 4.68 Å². The van der Waals surface area contributed by atoms with Crippen LogP contribution in [0.25, 0.3) is 0 Å². The topological polar surface area (TPSA) is 42.7 Å². The van der Waals surface area contributed by atoms with Gasteiger partial charge in [0, 0.05) is 12.7 Å². The van der Waals surface area contributed by atoms with Gasteiger partial charge in [-0.3, -0.25) is 4.68 Å². The molecule has 0 spiro atoms. The number of aromatic nitrogens is 3. The largest absolute Gasteiger partial charge is 0.317 e. The average Bonchev–Trinajstić information content (AvgIpc) is 2.75. The van der Waals surface area contributed by atoms with E-state index in [2.05, 4.69) is 42.6 Å². The number of nitrogens with one attached hydrogen (secondary N) is 1. The van der Waals surface area contributed by atoms with E-state index < -0.39 is 0 Å². The molecule has 0 unspecified atom stereocenters. The Balaban J connectivity index is 2.06. The van der Waals surface area contributed by atoms with Gasteiger partial charge in [0.1, 0.15) is 0 Å². The minimum atomic E-state index is 0.627. The van der Waals surface area contributed by atoms with Crippen molar-refractivity contribution >= 4 is 0 Å². The molecule has 1 aromatic heterocycles. The highest BCUT2D eigenvalue weighted by Gasteiger charge is 2.02. The van der Waals surface area contributed by atoms with E-state index in [9.17, 15) is 0 Å². The Hall–Kier alpha value is -0.900. The first-order valence-electron chi connectivity index (χ1n) is 7.32. The summed E-state index contributed by atoms with van der Waals surface area (Å²) < 4.78 is 1.96. The van der Waals surface area contributed by atoms with E-state index in [-0.39, 0.29) is 0 Å². The van der Waals surface area contributed by atoms with Crippen molar-refractivity contribution in [1.29, 1.82) is 0 Å². The molecule has 1 aromatic rings. The quantitative estimate of drug-likeness (QED) is 0.651. The van der Waals surface area contributed by atoms with Crippen molar-refractivity contribution in [3.63, 3.8) is 0 Å². The molecule has 0 aliphatic rings. The van der Waals surface area contributed by atoms with Crippen LogP contribution in [0.15, 0.2) is 6.20 Å². The summed E-state index contributed by atoms with van der Waals surface area (Å²) in [7, 11) is 0. The summed E-state index contributed by atoms with van der Waals surface area (Å²) in [6.45, 7) is 9.86. The SMILES string of the molecule is CCCCNCCCCc1cn(CC(C)C)nn1. The monoisotopic (exact) mass is 252 g/mol. The van der Waals surface area contributed by atoms with Crippen LogP contribution in [0, 0.1) is 5.92 Å². The summed E-state index contributed by atoms with van der Waals surface area (Å²) in [5.41, 5.74) is 1.13. The normalized spacial score (nSPS) is 11.3. The molecule has 18 heavy (non-hydrogen) atoms. The molecule has 0 radical (unpaired) electrons. The van der Waals surface area contributed by atoms with Gasteiger partial charge in [-0.2, -0.15) is 0 Å². The molecule has 0 aliphatic heterocycles. The second-order valence-corrected chi connectivity index (χ2v) is 5.39. The third-order valence-electron chi connectivity index (χ3n) is 2.88. The van der Waals surface area contributed by atoms with E-state index in [0.717, 1.165) is 31.7 Å². The van der Waals surface area contributed by atoms with E-state index >= 15 is 0 Å². The van der Waals surface area contributed by atoms with Crippen molar-refractivity contribution in [1.82, 2.24) is 20.3 Å². The number of hydrogen-bond acceptors (Lipinski definition) is 3. The van der Waals surface area contributed by atoms with Gasteiger partial charge in [0.25, 0.3) is 0 Å². The molecule has 1 heterocycles. The summed E-state index contributed by atoms with van der Waals surface area (Å²) in [5, 5.41) is 11.8. The molecule has 0 saturated carbocycles. The molecular weight excluding hydrogens is 224 g/mol. The fourth-order valence-corrected chi connectivity index (χ4v) is 1.90. The maximum absolute atomic E-state index is 4.21. The summed E-state index contributed by atoms with van der Waals surface area (Å²) in [6, 6.07) is 0. The molecule has 4 heteroatoms. The molecule has 0 aromatic carbocycles. The van der Waals surface area contributed by atoms with Crippen LogP contribution < -0.4 is 5.32 Å². The Kier molecular flexibility index (Phi) is 7.65. The zero-order valence-electron chi connectivity index (χ0n) is 12.2. The fraction of sp³-hybridized carbons (Fsp3) is 0.857. The average molecular weight is 252 g/mol. The van der Waals surface area contributed by atoms with Gasteiger partial charge in [-0.15, -0.1) is 5.10 Å². The molecule has 0 atom stereocenters. The van der Waals surface area contributed by atoms with Gasteiger partial charge < -0.3 is 5.32 Å². The highest BCUT2D eigenvalue weighted by atomic mass is 15.4. The lowest BCUT2D eigenvalue weighted by Crippen LogP contribution is -2.16. The minimum Gasteiger partial charge on any atom is -0.317 e. The predicted octanol–water partition coefficient (Wildman–Crippen LogP) is 2.65. The van der Waals surface area contributed by atoms with Crippen molar-refractivity contribution in [2.45, 2.75) is 59.4 Å². The zero-order chi connectivity index (χ0) is 13.2. The van der Waals surface area contributed by atoms with Crippen LogP contribution >= 0.6 is 0 Å². The lowest BCUT2D eigenvalue weighted by molar-refractivity contribution is 0.472. The summed E-state index contributed by atoms with van der Waals surface area (Å²) in [6.07, 6.45) is 8.10. The van der Waals surface area contributed by atoms with Crippen LogP contribution in [0.3, 0.4) is 0 Å². The lowest BCUT2D eigenvalue weighted by atomic mass is 10.2. The summed E-state index contributed by atoms with van der Waals surface area (Å²) in [5.74, 6) is 0.627. The third-order valence-corrected chi connectivity index (χ3v) is 2.88. The van der Waals surface area contributed by atoms with E-state index in [1.54, 1.807) is 0 Å². The van der Waals surface area contributed by atoms with Crippen LogP contribution in [-0.4, -0.2) is 28.1 Å². The number of unbranched alkanes of at least 4 members (excludes halogenated alkanes) is 2. The van der Waals surface area contributed by atoms with Gasteiger partial charge in [-0.25, -0.2) is 0 Å². The highest BCUT2D eigenvalue weighted by Crippen LogP contribution is 2.03. The lowest BCUT2D eigenvalue weighted by Gasteiger charge is -2.03. The maximum Gasteiger partial charge on any atom is 0.0827 e. The number of hydrogen-bond donors (Lipinski definition) is 1. The van der Waals surface area contributed by atoms with Crippen molar-refractivity contribution in [2.24, 2.45) is 5.92 Å². The van der Waals surface area contributed by atoms with Crippen molar-refractivity contribution in [3.05, 3.63) is 11.9 Å². The molecule has 0 bridgehead atoms.